The fourth-order valence-corrected chi connectivity index (χ4v) is 5.43. The number of nitrogens with zero attached hydrogens (tertiary/aromatic N) is 3. The minimum absolute atomic E-state index is 0.108. The average molecular weight is 496 g/mol. The maximum absolute atomic E-state index is 12.9. The molecule has 0 radical (unpaired) electrons. The van der Waals surface area contributed by atoms with Crippen molar-refractivity contribution in [1.29, 1.82) is 0 Å². The number of rotatable bonds is 9. The minimum atomic E-state index is 0.108. The molecule has 1 amide bonds. The molecule has 1 fully saturated rings. The normalized spacial score (nSPS) is 18.6. The van der Waals surface area contributed by atoms with Gasteiger partial charge in [-0.3, -0.25) is 14.6 Å². The van der Waals surface area contributed by atoms with E-state index in [0.717, 1.165) is 88.0 Å². The van der Waals surface area contributed by atoms with Crippen LogP contribution in [0.3, 0.4) is 0 Å². The van der Waals surface area contributed by atoms with Gasteiger partial charge in [0.2, 0.25) is 5.91 Å². The number of hydrogen-bond acceptors (Lipinski definition) is 6. The van der Waals surface area contributed by atoms with Crippen LogP contribution in [0, 0.1) is 5.92 Å². The molecule has 36 heavy (non-hydrogen) atoms. The smallest absolute Gasteiger partial charge is 0.226 e. The second kappa shape index (κ2) is 12.5. The fourth-order valence-electron chi connectivity index (χ4n) is 5.43. The van der Waals surface area contributed by atoms with Gasteiger partial charge in [0.05, 0.1) is 20.1 Å². The van der Waals surface area contributed by atoms with Crippen LogP contribution in [0.2, 0.25) is 0 Å². The first-order chi connectivity index (χ1) is 17.5. The summed E-state index contributed by atoms with van der Waals surface area (Å²) in [4.78, 5) is 19.7. The summed E-state index contributed by atoms with van der Waals surface area (Å²) < 4.78 is 17.1. The van der Waals surface area contributed by atoms with Gasteiger partial charge in [-0.2, -0.15) is 0 Å². The van der Waals surface area contributed by atoms with Gasteiger partial charge in [-0.25, -0.2) is 0 Å². The first-order valence-corrected chi connectivity index (χ1v) is 13.2. The van der Waals surface area contributed by atoms with Gasteiger partial charge < -0.3 is 19.1 Å². The summed E-state index contributed by atoms with van der Waals surface area (Å²) in [6.45, 7) is 11.5. The lowest BCUT2D eigenvalue weighted by Gasteiger charge is -2.34. The monoisotopic (exact) mass is 495 g/mol. The predicted molar refractivity (Wildman–Crippen MR) is 142 cm³/mol. The van der Waals surface area contributed by atoms with Gasteiger partial charge in [0, 0.05) is 56.9 Å². The van der Waals surface area contributed by atoms with Gasteiger partial charge in [0.1, 0.15) is 23.9 Å². The zero-order valence-electron chi connectivity index (χ0n) is 22.3. The van der Waals surface area contributed by atoms with Crippen LogP contribution >= 0.6 is 0 Å². The molecule has 7 nitrogen and oxygen atoms in total. The van der Waals surface area contributed by atoms with E-state index < -0.39 is 0 Å². The van der Waals surface area contributed by atoms with Gasteiger partial charge in [-0.15, -0.1) is 0 Å². The lowest BCUT2D eigenvalue weighted by molar-refractivity contribution is -0.137. The number of hydrogen-bond donors (Lipinski definition) is 0. The quantitative estimate of drug-likeness (QED) is 0.520. The van der Waals surface area contributed by atoms with Gasteiger partial charge in [-0.1, -0.05) is 6.07 Å². The highest BCUT2D eigenvalue weighted by atomic mass is 16.5. The molecule has 2 heterocycles. The summed E-state index contributed by atoms with van der Waals surface area (Å²) in [7, 11) is 3.40. The summed E-state index contributed by atoms with van der Waals surface area (Å²) in [5.74, 6) is 3.08. The van der Waals surface area contributed by atoms with Gasteiger partial charge in [-0.05, 0) is 69.1 Å². The van der Waals surface area contributed by atoms with Crippen LogP contribution in [0.4, 0.5) is 0 Å². The van der Waals surface area contributed by atoms with Crippen molar-refractivity contribution >= 4 is 5.91 Å². The first kappa shape index (κ1) is 26.3. The highest BCUT2D eigenvalue weighted by Gasteiger charge is 2.28. The molecular weight excluding hydrogens is 454 g/mol. The topological polar surface area (TPSA) is 54.5 Å². The Balaban J connectivity index is 1.44. The van der Waals surface area contributed by atoms with Crippen LogP contribution in [0.25, 0.3) is 0 Å². The fraction of sp³-hybridized carbons (Fsp3) is 0.552. The number of likely N-dealkylation sites (tertiary alicyclic amines) is 1. The van der Waals surface area contributed by atoms with E-state index in [1.165, 1.54) is 11.1 Å². The summed E-state index contributed by atoms with van der Waals surface area (Å²) >= 11 is 0. The molecule has 0 spiro atoms. The van der Waals surface area contributed by atoms with Gasteiger partial charge in [0.25, 0.3) is 0 Å². The zero-order chi connectivity index (χ0) is 25.5. The van der Waals surface area contributed by atoms with Crippen molar-refractivity contribution in [3.63, 3.8) is 0 Å². The number of carbonyl (C=O) groups is 1. The maximum Gasteiger partial charge on any atom is 0.226 e. The number of methoxy groups -OCH3 is 2. The molecule has 1 atom stereocenters. The van der Waals surface area contributed by atoms with Crippen LogP contribution in [0.5, 0.6) is 17.2 Å². The Morgan fingerprint density at radius 2 is 1.86 bits per heavy atom. The third-order valence-electron chi connectivity index (χ3n) is 7.40. The van der Waals surface area contributed by atoms with E-state index >= 15 is 0 Å². The molecule has 0 bridgehead atoms. The molecule has 0 N–H and O–H groups in total. The van der Waals surface area contributed by atoms with Gasteiger partial charge >= 0.3 is 0 Å². The lowest BCUT2D eigenvalue weighted by atomic mass is 9.95. The Bertz CT molecular complexity index is 1020. The van der Waals surface area contributed by atoms with Gasteiger partial charge in [0.15, 0.2) is 0 Å². The Kier molecular flexibility index (Phi) is 9.10. The van der Waals surface area contributed by atoms with Crippen molar-refractivity contribution in [2.45, 2.75) is 46.3 Å². The number of benzene rings is 2. The number of carbonyl (C=O) groups excluding carboxylic acids is 1. The molecule has 2 aromatic rings. The lowest BCUT2D eigenvalue weighted by Crippen LogP contribution is -2.44. The minimum Gasteiger partial charge on any atom is -0.497 e. The molecule has 0 aromatic heterocycles. The summed E-state index contributed by atoms with van der Waals surface area (Å²) in [6, 6.07) is 12.5. The van der Waals surface area contributed by atoms with E-state index in [-0.39, 0.29) is 5.92 Å². The van der Waals surface area contributed by atoms with Crippen LogP contribution in [0.15, 0.2) is 36.4 Å². The van der Waals surface area contributed by atoms with Crippen LogP contribution in [-0.4, -0.2) is 74.2 Å². The van der Waals surface area contributed by atoms with E-state index in [0.29, 0.717) is 12.5 Å². The predicted octanol–water partition coefficient (Wildman–Crippen LogP) is 4.18. The summed E-state index contributed by atoms with van der Waals surface area (Å²) in [6.07, 6.45) is 2.06. The van der Waals surface area contributed by atoms with E-state index in [9.17, 15) is 4.79 Å². The van der Waals surface area contributed by atoms with E-state index in [2.05, 4.69) is 41.8 Å². The SMILES string of the molecule is CCN(CC)C(=O)[C@@H]1CCCN(Cc2ccc3c(c2)CN(Cc2cc(OC)ccc2OC)CCO3)C1. The number of fused-ring (bicyclic) bond motifs is 1. The molecule has 0 aliphatic carbocycles. The standard InChI is InChI=1S/C29H41N3O4/c1-5-32(6-2)29(33)23-8-7-13-30(19-23)18-22-9-11-28-24(16-22)20-31(14-15-36-28)21-25-17-26(34-3)10-12-27(25)35-4/h9-12,16-17,23H,5-8,13-15,18-21H2,1-4H3/t23-/m1/s1. The third-order valence-corrected chi connectivity index (χ3v) is 7.40. The van der Waals surface area contributed by atoms with E-state index in [4.69, 9.17) is 14.2 Å². The molecule has 2 aromatic carbocycles. The average Bonchev–Trinajstić information content (AvgIpc) is 3.10. The Hall–Kier alpha value is -2.77. The third kappa shape index (κ3) is 6.31. The molecule has 2 aliphatic rings. The molecule has 196 valence electrons. The Labute approximate surface area is 215 Å². The van der Waals surface area contributed by atoms with Crippen LogP contribution in [-0.2, 0) is 24.4 Å². The van der Waals surface area contributed by atoms with Crippen LogP contribution in [0.1, 0.15) is 43.4 Å². The molecule has 0 unspecified atom stereocenters. The first-order valence-electron chi connectivity index (χ1n) is 13.2. The molecule has 2 aliphatic heterocycles. The zero-order valence-corrected chi connectivity index (χ0v) is 22.3. The summed E-state index contributed by atoms with van der Waals surface area (Å²) in [5.41, 5.74) is 3.59. The van der Waals surface area contributed by atoms with E-state index in [1.807, 2.05) is 23.1 Å². The molecule has 4 rings (SSSR count). The number of ether oxygens (including phenoxy) is 3. The molecule has 0 saturated carbocycles. The molecule has 7 heteroatoms. The number of piperidine rings is 1. The second-order valence-corrected chi connectivity index (χ2v) is 9.76. The second-order valence-electron chi connectivity index (χ2n) is 9.76. The van der Waals surface area contributed by atoms with Crippen molar-refractivity contribution in [2.24, 2.45) is 5.92 Å². The maximum atomic E-state index is 12.9. The molecular formula is C29H41N3O4. The van der Waals surface area contributed by atoms with Crippen LogP contribution < -0.4 is 14.2 Å². The molecule has 1 saturated heterocycles. The van der Waals surface area contributed by atoms with Crippen molar-refractivity contribution < 1.29 is 19.0 Å². The largest absolute Gasteiger partial charge is 0.497 e. The Morgan fingerprint density at radius 1 is 1.03 bits per heavy atom. The Morgan fingerprint density at radius 3 is 2.61 bits per heavy atom. The van der Waals surface area contributed by atoms with Crippen molar-refractivity contribution in [3.8, 4) is 17.2 Å². The highest BCUT2D eigenvalue weighted by molar-refractivity contribution is 5.79. The van der Waals surface area contributed by atoms with Crippen molar-refractivity contribution in [3.05, 3.63) is 53.1 Å². The van der Waals surface area contributed by atoms with E-state index in [1.54, 1.807) is 14.2 Å². The van der Waals surface area contributed by atoms with Crippen molar-refractivity contribution in [2.75, 3.05) is 53.6 Å². The highest BCUT2D eigenvalue weighted by Crippen LogP contribution is 2.30. The summed E-state index contributed by atoms with van der Waals surface area (Å²) in [5, 5.41) is 0. The number of amides is 1. The van der Waals surface area contributed by atoms with Crippen molar-refractivity contribution in [1.82, 2.24) is 14.7 Å².